The van der Waals surface area contributed by atoms with Crippen LogP contribution < -0.4 is 0 Å². The lowest BCUT2D eigenvalue weighted by atomic mass is 9.92. The molecule has 13 heavy (non-hydrogen) atoms. The van der Waals surface area contributed by atoms with Gasteiger partial charge in [-0.05, 0) is 13.3 Å². The molecule has 0 saturated carbocycles. The van der Waals surface area contributed by atoms with E-state index in [0.29, 0.717) is 18.6 Å². The lowest BCUT2D eigenvalue weighted by Gasteiger charge is -2.22. The third-order valence-electron chi connectivity index (χ3n) is 2.49. The second-order valence-electron chi connectivity index (χ2n) is 3.52. The second kappa shape index (κ2) is 2.91. The van der Waals surface area contributed by atoms with Crippen LogP contribution in [0, 0.1) is 0 Å². The van der Waals surface area contributed by atoms with Crippen LogP contribution in [0.1, 0.15) is 26.2 Å². The summed E-state index contributed by atoms with van der Waals surface area (Å²) in [6, 6.07) is 0. The van der Waals surface area contributed by atoms with Crippen molar-refractivity contribution in [1.82, 2.24) is 0 Å². The summed E-state index contributed by atoms with van der Waals surface area (Å²) in [7, 11) is 0. The summed E-state index contributed by atoms with van der Waals surface area (Å²) in [5, 5.41) is 9.70. The van der Waals surface area contributed by atoms with Crippen molar-refractivity contribution in [1.29, 1.82) is 0 Å². The number of carbonyl (C=O) groups excluding carboxylic acids is 1. The fraction of sp³-hybridized carbons (Fsp3) is 0.500. The molecule has 0 spiro atoms. The normalized spacial score (nSPS) is 23.0. The van der Waals surface area contributed by atoms with Crippen molar-refractivity contribution in [3.05, 3.63) is 22.7 Å². The van der Waals surface area contributed by atoms with E-state index in [4.69, 9.17) is 4.74 Å². The molecule has 1 aliphatic carbocycles. The van der Waals surface area contributed by atoms with Gasteiger partial charge in [0.15, 0.2) is 5.57 Å². The first-order chi connectivity index (χ1) is 6.20. The zero-order valence-corrected chi connectivity index (χ0v) is 7.63. The summed E-state index contributed by atoms with van der Waals surface area (Å²) in [5.41, 5.74) is 1.32. The minimum absolute atomic E-state index is 0.207. The Labute approximate surface area is 76.7 Å². The first-order valence-electron chi connectivity index (χ1n) is 4.50. The van der Waals surface area contributed by atoms with E-state index in [-0.39, 0.29) is 11.5 Å². The number of aliphatic hydroxyl groups excluding tert-OH is 1. The van der Waals surface area contributed by atoms with E-state index in [9.17, 15) is 9.90 Å². The SMILES string of the molecule is CC1=C(O)C2=C(CCCC2=[OH+])OC1. The molecule has 0 bridgehead atoms. The van der Waals surface area contributed by atoms with Gasteiger partial charge in [0.2, 0.25) is 0 Å². The molecule has 0 unspecified atom stereocenters. The maximum atomic E-state index is 9.70. The Balaban J connectivity index is 2.47. The average Bonchev–Trinajstić information content (AvgIpc) is 2.12. The molecule has 0 fully saturated rings. The highest BCUT2D eigenvalue weighted by molar-refractivity contribution is 6.01. The topological polar surface area (TPSA) is 50.9 Å². The molecule has 1 heterocycles. The molecule has 2 aliphatic rings. The van der Waals surface area contributed by atoms with Crippen molar-refractivity contribution in [3.63, 3.8) is 0 Å². The number of ketones is 1. The Morgan fingerprint density at radius 1 is 1.38 bits per heavy atom. The van der Waals surface area contributed by atoms with Gasteiger partial charge in [0, 0.05) is 12.0 Å². The zero-order valence-electron chi connectivity index (χ0n) is 7.63. The number of allylic oxidation sites excluding steroid dienone is 2. The number of ether oxygens (including phenoxy) is 1. The highest BCUT2D eigenvalue weighted by Crippen LogP contribution is 2.31. The van der Waals surface area contributed by atoms with Gasteiger partial charge in [0.1, 0.15) is 18.1 Å². The minimum Gasteiger partial charge on any atom is -0.507 e. The predicted molar refractivity (Wildman–Crippen MR) is 49.1 cm³/mol. The molecule has 0 amide bonds. The summed E-state index contributed by atoms with van der Waals surface area (Å²) in [4.78, 5) is 9.58. The first-order valence-corrected chi connectivity index (χ1v) is 4.50. The molecule has 70 valence electrons. The highest BCUT2D eigenvalue weighted by Gasteiger charge is 2.33. The number of hydrogen-bond donors (Lipinski definition) is 1. The molecule has 0 atom stereocenters. The van der Waals surface area contributed by atoms with Gasteiger partial charge in [-0.15, -0.1) is 0 Å². The van der Waals surface area contributed by atoms with Crippen LogP contribution in [0.25, 0.3) is 0 Å². The van der Waals surface area contributed by atoms with E-state index in [1.807, 2.05) is 0 Å². The van der Waals surface area contributed by atoms with E-state index < -0.39 is 0 Å². The lowest BCUT2D eigenvalue weighted by Crippen LogP contribution is -2.21. The number of rotatable bonds is 0. The molecular weight excluding hydrogens is 168 g/mol. The summed E-state index contributed by atoms with van der Waals surface area (Å²) < 4.78 is 5.42. The van der Waals surface area contributed by atoms with E-state index >= 15 is 0 Å². The molecule has 3 nitrogen and oxygen atoms in total. The van der Waals surface area contributed by atoms with Crippen molar-refractivity contribution in [3.8, 4) is 0 Å². The molecule has 0 radical (unpaired) electrons. The summed E-state index contributed by atoms with van der Waals surface area (Å²) >= 11 is 0. The Morgan fingerprint density at radius 2 is 2.15 bits per heavy atom. The van der Waals surface area contributed by atoms with Crippen molar-refractivity contribution < 1.29 is 14.6 Å². The fourth-order valence-electron chi connectivity index (χ4n) is 1.72. The van der Waals surface area contributed by atoms with Crippen LogP contribution in [0.3, 0.4) is 0 Å². The minimum atomic E-state index is 0.207. The Kier molecular flexibility index (Phi) is 1.87. The van der Waals surface area contributed by atoms with Crippen molar-refractivity contribution in [2.24, 2.45) is 0 Å². The molecule has 0 aromatic heterocycles. The average molecular weight is 181 g/mol. The zero-order chi connectivity index (χ0) is 9.42. The number of hydrogen-bond acceptors (Lipinski definition) is 2. The molecule has 0 aromatic carbocycles. The van der Waals surface area contributed by atoms with Gasteiger partial charge in [0.05, 0.1) is 6.42 Å². The third-order valence-corrected chi connectivity index (χ3v) is 2.49. The molecule has 1 aliphatic heterocycles. The van der Waals surface area contributed by atoms with Crippen LogP contribution in [0.5, 0.6) is 0 Å². The van der Waals surface area contributed by atoms with Crippen LogP contribution >= 0.6 is 0 Å². The van der Waals surface area contributed by atoms with Crippen LogP contribution in [-0.2, 0) is 4.74 Å². The maximum absolute atomic E-state index is 9.70. The highest BCUT2D eigenvalue weighted by atomic mass is 16.5. The van der Waals surface area contributed by atoms with E-state index in [1.165, 1.54) is 0 Å². The Morgan fingerprint density at radius 3 is 2.92 bits per heavy atom. The van der Waals surface area contributed by atoms with Gasteiger partial charge in [-0.25, -0.2) is 0 Å². The van der Waals surface area contributed by atoms with Gasteiger partial charge in [-0.2, -0.15) is 0 Å². The molecule has 2 N–H and O–H groups in total. The molecule has 3 heteroatoms. The third kappa shape index (κ3) is 1.24. The molecular formula is C10H13O3+. The summed E-state index contributed by atoms with van der Waals surface area (Å²) in [6.45, 7) is 2.25. The monoisotopic (exact) mass is 181 g/mol. The molecule has 0 saturated heterocycles. The van der Waals surface area contributed by atoms with Gasteiger partial charge >= 0.3 is 5.78 Å². The molecule has 0 aromatic rings. The largest absolute Gasteiger partial charge is 0.507 e. The summed E-state index contributed by atoms with van der Waals surface area (Å²) in [6.07, 6.45) is 2.35. The smallest absolute Gasteiger partial charge is 0.330 e. The van der Waals surface area contributed by atoms with Crippen molar-refractivity contribution in [2.75, 3.05) is 6.61 Å². The standard InChI is InChI=1S/C10H12O3/c1-6-5-13-8-4-2-3-7(11)9(8)10(6)12/h12H,2-5H2,1H3/p+1. The van der Waals surface area contributed by atoms with Gasteiger partial charge in [-0.3, -0.25) is 4.79 Å². The van der Waals surface area contributed by atoms with Crippen LogP contribution in [0.15, 0.2) is 22.7 Å². The van der Waals surface area contributed by atoms with E-state index in [1.54, 1.807) is 6.92 Å². The maximum Gasteiger partial charge on any atom is 0.330 e. The Hall–Kier alpha value is -1.25. The Bertz CT molecular complexity index is 323. The first kappa shape index (κ1) is 8.35. The van der Waals surface area contributed by atoms with Crippen molar-refractivity contribution in [2.45, 2.75) is 26.2 Å². The molecule has 2 rings (SSSR count). The van der Waals surface area contributed by atoms with E-state index in [2.05, 4.69) is 0 Å². The number of aliphatic hydroxyl groups is 1. The fourth-order valence-corrected chi connectivity index (χ4v) is 1.72. The lowest BCUT2D eigenvalue weighted by molar-refractivity contribution is 0.203. The van der Waals surface area contributed by atoms with Crippen LogP contribution in [0.4, 0.5) is 0 Å². The van der Waals surface area contributed by atoms with Crippen LogP contribution in [-0.4, -0.2) is 22.3 Å². The second-order valence-corrected chi connectivity index (χ2v) is 3.52. The van der Waals surface area contributed by atoms with Crippen LogP contribution in [0.2, 0.25) is 0 Å². The summed E-state index contributed by atoms with van der Waals surface area (Å²) in [5.74, 6) is 1.21. The van der Waals surface area contributed by atoms with Gasteiger partial charge < -0.3 is 9.84 Å². The van der Waals surface area contributed by atoms with Gasteiger partial charge in [0.25, 0.3) is 0 Å². The quantitative estimate of drug-likeness (QED) is 0.579. The van der Waals surface area contributed by atoms with Gasteiger partial charge in [-0.1, -0.05) is 0 Å². The van der Waals surface area contributed by atoms with Crippen molar-refractivity contribution >= 4 is 5.78 Å². The predicted octanol–water partition coefficient (Wildman–Crippen LogP) is 1.83. The van der Waals surface area contributed by atoms with E-state index in [0.717, 1.165) is 24.2 Å².